The summed E-state index contributed by atoms with van der Waals surface area (Å²) < 4.78 is 30.0. The third-order valence-corrected chi connectivity index (χ3v) is 15.8. The number of aromatic nitrogens is 12. The highest BCUT2D eigenvalue weighted by molar-refractivity contribution is 6.09. The van der Waals surface area contributed by atoms with Crippen molar-refractivity contribution in [1.29, 1.82) is 0 Å². The molecule has 4 aromatic carbocycles. The van der Waals surface area contributed by atoms with Crippen LogP contribution < -0.4 is 44.6 Å². The predicted molar refractivity (Wildman–Crippen MR) is 394 cm³/mol. The zero-order chi connectivity index (χ0) is 73.1. The topological polar surface area (TPSA) is 411 Å². The number of fused-ring (bicyclic) bond motifs is 12. The molecular weight excluding hydrogens is 1290 g/mol. The smallest absolute Gasteiger partial charge is 0.373 e. The second-order valence-electron chi connectivity index (χ2n) is 22.8. The molecule has 0 unspecified atom stereocenters. The molecule has 8 heterocycles. The number of rotatable bonds is 24. The fourth-order valence-electron chi connectivity index (χ4n) is 11.1. The lowest BCUT2D eigenvalue weighted by Crippen LogP contribution is -2.41. The highest BCUT2D eigenvalue weighted by Crippen LogP contribution is 2.33. The van der Waals surface area contributed by atoms with Gasteiger partial charge in [-0.15, -0.1) is 0 Å². The lowest BCUT2D eigenvalue weighted by molar-refractivity contribution is -0.191. The Kier molecular flexibility index (Phi) is 29.6. The highest BCUT2D eigenvalue weighted by Gasteiger charge is 2.22. The molecule has 29 nitrogen and oxygen atoms in total. The molecule has 0 spiro atoms. The molecule has 0 fully saturated rings. The number of carbonyl (C=O) groups excluding carboxylic acids is 5. The Balaban J connectivity index is 0.000000185. The maximum Gasteiger partial charge on any atom is 0.373 e. The predicted octanol–water partition coefficient (Wildman–Crippen LogP) is 8.70. The molecule has 101 heavy (non-hydrogen) atoms. The molecule has 0 bridgehead atoms. The van der Waals surface area contributed by atoms with Gasteiger partial charge in [0.25, 0.3) is 0 Å². The van der Waals surface area contributed by atoms with Gasteiger partial charge in [0, 0.05) is 108 Å². The fourth-order valence-corrected chi connectivity index (χ4v) is 11.1. The standard InChI is InChI=1S/C19H26N6O2.C18H23N5O2.C17H21N5O2.C14H16N4O.C3H8.CO2/c1-3-13(20)19(26)22-9-10-25-15(11-27-4-2)24-16-17(25)12-7-5-6-8-14(12)23-18(16)21;1-3-15(24)20-9-10-23-14(11-25-4-2)22-16-17(23)12-7-5-6-8-13(12)21-18(16)19;1-3-14(23)19-8-9-22-13(10-24-2)21-15-16(22)11-6-4-5-7-12(11)20-17(15)18;1-3-19-8-11-17-12-13(18(11)2)9-6-4-5-7-10(9)16-14(12)15;1-3-2;2-1-3/h5-8,13H,3-4,9-11,20H2,1-2H3,(H2,21,23)(H,22,26);5-8H,3-4,9-11H2,1-2H3,(H2,19,21)(H,20,24);4-7H,3,8-10H2,1-2H3,(H2,18,20)(H,19,23);4-7H,3,8H2,1-2H3,(H2,15,16);3H2,1-2H3;/t13-;;;;;/m0...../s1. The summed E-state index contributed by atoms with van der Waals surface area (Å²) >= 11 is 0. The van der Waals surface area contributed by atoms with E-state index in [0.717, 1.165) is 94.5 Å². The van der Waals surface area contributed by atoms with Crippen molar-refractivity contribution in [3.63, 3.8) is 0 Å². The molecule has 12 aromatic rings. The molecule has 0 saturated heterocycles. The Morgan fingerprint density at radius 2 is 0.733 bits per heavy atom. The normalized spacial score (nSPS) is 11.2. The molecule has 8 aromatic heterocycles. The number of carbonyl (C=O) groups is 3. The molecule has 0 aliphatic carbocycles. The minimum atomic E-state index is -0.492. The first-order chi connectivity index (χ1) is 48.9. The van der Waals surface area contributed by atoms with Crippen molar-refractivity contribution in [2.45, 2.75) is 133 Å². The van der Waals surface area contributed by atoms with Crippen LogP contribution in [0.25, 0.3) is 87.7 Å². The maximum absolute atomic E-state index is 12.0. The Hall–Kier alpha value is -10.8. The van der Waals surface area contributed by atoms with Crippen molar-refractivity contribution in [3.05, 3.63) is 120 Å². The number of nitrogens with one attached hydrogen (secondary N) is 3. The van der Waals surface area contributed by atoms with E-state index in [1.165, 1.54) is 6.42 Å². The number of hydrogen-bond acceptors (Lipinski definition) is 22. The van der Waals surface area contributed by atoms with Gasteiger partial charge in [-0.3, -0.25) is 14.4 Å². The van der Waals surface area contributed by atoms with Crippen LogP contribution in [0.1, 0.15) is 104 Å². The first-order valence-corrected chi connectivity index (χ1v) is 33.8. The Morgan fingerprint density at radius 3 is 1.05 bits per heavy atom. The fraction of sp³-hybridized carbons (Fsp3) is 0.389. The van der Waals surface area contributed by atoms with E-state index in [2.05, 4.69) is 78.8 Å². The molecule has 0 radical (unpaired) electrons. The van der Waals surface area contributed by atoms with E-state index in [-0.39, 0.29) is 23.9 Å². The van der Waals surface area contributed by atoms with Crippen LogP contribution in [0.3, 0.4) is 0 Å². The van der Waals surface area contributed by atoms with Crippen molar-refractivity contribution in [2.75, 3.05) is 69.5 Å². The number of imidazole rings is 4. The van der Waals surface area contributed by atoms with Crippen LogP contribution >= 0.6 is 0 Å². The number of pyridine rings is 4. The number of nitrogens with two attached hydrogens (primary N) is 5. The molecule has 29 heteroatoms. The Bertz CT molecular complexity index is 4790. The van der Waals surface area contributed by atoms with E-state index in [9.17, 15) is 14.4 Å². The van der Waals surface area contributed by atoms with Crippen LogP contribution in [0.15, 0.2) is 97.1 Å². The summed E-state index contributed by atoms with van der Waals surface area (Å²) in [4.78, 5) is 87.5. The second kappa shape index (κ2) is 38.5. The largest absolute Gasteiger partial charge is 0.382 e. The summed E-state index contributed by atoms with van der Waals surface area (Å²) in [6, 6.07) is 30.9. The van der Waals surface area contributed by atoms with Gasteiger partial charge in [0.15, 0.2) is 23.3 Å². The number of aryl methyl sites for hydroxylation is 1. The van der Waals surface area contributed by atoms with Gasteiger partial charge in [0.2, 0.25) is 17.7 Å². The number of amides is 3. The van der Waals surface area contributed by atoms with Gasteiger partial charge in [0.05, 0.1) is 50.2 Å². The first kappa shape index (κ1) is 77.5. The molecule has 13 N–H and O–H groups in total. The van der Waals surface area contributed by atoms with Crippen LogP contribution in [0.2, 0.25) is 0 Å². The van der Waals surface area contributed by atoms with Crippen LogP contribution in [0.4, 0.5) is 23.3 Å². The third kappa shape index (κ3) is 19.1. The third-order valence-electron chi connectivity index (χ3n) is 15.8. The highest BCUT2D eigenvalue weighted by atomic mass is 16.5. The minimum Gasteiger partial charge on any atom is -0.382 e. The quantitative estimate of drug-likeness (QED) is 0.0280. The van der Waals surface area contributed by atoms with E-state index >= 15 is 0 Å². The van der Waals surface area contributed by atoms with Crippen LogP contribution in [0.5, 0.6) is 0 Å². The first-order valence-electron chi connectivity index (χ1n) is 33.8. The molecule has 1 atom stereocenters. The number of nitrogen functional groups attached to an aromatic ring is 4. The van der Waals surface area contributed by atoms with Gasteiger partial charge in [-0.25, -0.2) is 39.9 Å². The number of benzene rings is 4. The van der Waals surface area contributed by atoms with Crippen LogP contribution in [0, 0.1) is 0 Å². The number of hydrogen-bond donors (Lipinski definition) is 8. The summed E-state index contributed by atoms with van der Waals surface area (Å²) in [6.07, 6.45) is 3.04. The number of methoxy groups -OCH3 is 1. The number of nitrogens with zero attached hydrogens (tertiary/aromatic N) is 12. The average Bonchev–Trinajstić information content (AvgIpc) is 1.66. The van der Waals surface area contributed by atoms with Crippen molar-refractivity contribution in [2.24, 2.45) is 12.8 Å². The summed E-state index contributed by atoms with van der Waals surface area (Å²) in [6.45, 7) is 22.3. The number of ether oxygens (including phenoxy) is 4. The molecule has 536 valence electrons. The van der Waals surface area contributed by atoms with Gasteiger partial charge in [-0.05, 0) is 51.5 Å². The Morgan fingerprint density at radius 1 is 0.446 bits per heavy atom. The van der Waals surface area contributed by atoms with E-state index in [1.54, 1.807) is 7.11 Å². The summed E-state index contributed by atoms with van der Waals surface area (Å²) in [5, 5.41) is 12.7. The number of anilines is 4. The van der Waals surface area contributed by atoms with Crippen molar-refractivity contribution in [3.8, 4) is 0 Å². The zero-order valence-corrected chi connectivity index (χ0v) is 59.3. The average molecular weight is 1380 g/mol. The lowest BCUT2D eigenvalue weighted by atomic mass is 10.2. The monoisotopic (exact) mass is 1380 g/mol. The zero-order valence-electron chi connectivity index (χ0n) is 59.3. The maximum atomic E-state index is 12.0. The van der Waals surface area contributed by atoms with Crippen LogP contribution in [-0.4, -0.2) is 135 Å². The minimum absolute atomic E-state index is 0.0266. The Labute approximate surface area is 585 Å². The van der Waals surface area contributed by atoms with Crippen molar-refractivity contribution < 1.29 is 42.9 Å². The van der Waals surface area contributed by atoms with Gasteiger partial charge in [-0.1, -0.05) is 114 Å². The molecule has 0 aliphatic heterocycles. The summed E-state index contributed by atoms with van der Waals surface area (Å²) in [5.74, 6) is 4.73. The molecule has 12 rings (SSSR count). The van der Waals surface area contributed by atoms with Gasteiger partial charge >= 0.3 is 6.15 Å². The van der Waals surface area contributed by atoms with Crippen LogP contribution in [-0.2, 0) is 96.0 Å². The van der Waals surface area contributed by atoms with Gasteiger partial charge < -0.3 is 81.8 Å². The van der Waals surface area contributed by atoms with Gasteiger partial charge in [-0.2, -0.15) is 9.59 Å². The lowest BCUT2D eigenvalue weighted by Gasteiger charge is -2.13. The van der Waals surface area contributed by atoms with Crippen molar-refractivity contribution >= 4 is 135 Å². The summed E-state index contributed by atoms with van der Waals surface area (Å²) in [5.41, 5.74) is 40.0. The van der Waals surface area contributed by atoms with Crippen molar-refractivity contribution in [1.82, 2.24) is 74.1 Å². The van der Waals surface area contributed by atoms with E-state index in [0.29, 0.717) is 145 Å². The van der Waals surface area contributed by atoms with E-state index < -0.39 is 6.04 Å². The molecule has 0 aliphatic rings. The molecular formula is C72H94N20O9. The van der Waals surface area contributed by atoms with Gasteiger partial charge in [0.1, 0.15) is 71.8 Å². The molecule has 3 amide bonds. The van der Waals surface area contributed by atoms with E-state index in [1.807, 2.05) is 155 Å². The second-order valence-corrected chi connectivity index (χ2v) is 22.8. The molecule has 0 saturated carbocycles. The van der Waals surface area contributed by atoms with E-state index in [4.69, 9.17) is 57.2 Å². The summed E-state index contributed by atoms with van der Waals surface area (Å²) in [7, 11) is 3.61. The number of para-hydroxylation sites is 4. The SMILES string of the molecule is CCC.CCC(=O)NCCn1c(COC)nc2c(N)nc3ccccc3c21.CCOCc1nc2c(N)nc3ccccc3c2n1C.CCOCc1nc2c(N)nc3ccccc3c2n1CCNC(=O)CC.CCOCc1nc2c(N)nc3ccccc3c2n1CCNC(=O)[C@@H](N)CC.O=C=O.